The predicted molar refractivity (Wildman–Crippen MR) is 91.0 cm³/mol. The van der Waals surface area contributed by atoms with E-state index in [0.717, 1.165) is 5.92 Å². The largest absolute Gasteiger partial charge is 0.463 e. The first-order valence-electron chi connectivity index (χ1n) is 7.86. The minimum atomic E-state index is -0.305. The van der Waals surface area contributed by atoms with Gasteiger partial charge in [0, 0.05) is 6.08 Å². The van der Waals surface area contributed by atoms with Gasteiger partial charge >= 0.3 is 5.97 Å². The van der Waals surface area contributed by atoms with E-state index in [0.29, 0.717) is 12.5 Å². The van der Waals surface area contributed by atoms with Crippen molar-refractivity contribution in [1.82, 2.24) is 0 Å². The smallest absolute Gasteiger partial charge is 0.330 e. The highest BCUT2D eigenvalue weighted by Gasteiger charge is 2.04. The highest BCUT2D eigenvalue weighted by Crippen LogP contribution is 2.17. The summed E-state index contributed by atoms with van der Waals surface area (Å²) in [6.45, 7) is 11.1. The first-order valence-corrected chi connectivity index (χ1v) is 7.86. The first-order chi connectivity index (χ1) is 9.99. The van der Waals surface area contributed by atoms with Crippen LogP contribution in [0.5, 0.6) is 0 Å². The second kappa shape index (κ2) is 12.2. The van der Waals surface area contributed by atoms with Crippen LogP contribution in [-0.2, 0) is 9.53 Å². The quantitative estimate of drug-likeness (QED) is 0.330. The molecule has 0 fully saturated rings. The van der Waals surface area contributed by atoms with Crippen molar-refractivity contribution in [1.29, 1.82) is 0 Å². The zero-order chi connectivity index (χ0) is 16.1. The Hall–Kier alpha value is -1.57. The molecule has 21 heavy (non-hydrogen) atoms. The molecule has 0 rings (SSSR count). The molecule has 0 saturated carbocycles. The van der Waals surface area contributed by atoms with Gasteiger partial charge in [-0.2, -0.15) is 0 Å². The summed E-state index contributed by atoms with van der Waals surface area (Å²) in [6.07, 6.45) is 15.7. The van der Waals surface area contributed by atoms with Gasteiger partial charge in [0.15, 0.2) is 0 Å². The van der Waals surface area contributed by atoms with Crippen molar-refractivity contribution in [2.24, 2.45) is 11.8 Å². The molecule has 0 aromatic rings. The average molecular weight is 290 g/mol. The third-order valence-corrected chi connectivity index (χ3v) is 3.23. The molecule has 0 heterocycles. The SMILES string of the molecule is CCOC(=O)/C=C/C=C/C=C/C(C)=C/[C@H](C)C[C@H](C)CC. The molecular weight excluding hydrogens is 260 g/mol. The Balaban J connectivity index is 4.19. The fourth-order valence-corrected chi connectivity index (χ4v) is 2.03. The van der Waals surface area contributed by atoms with E-state index in [-0.39, 0.29) is 5.97 Å². The summed E-state index contributed by atoms with van der Waals surface area (Å²) in [7, 11) is 0. The molecule has 2 nitrogen and oxygen atoms in total. The Morgan fingerprint density at radius 3 is 2.24 bits per heavy atom. The molecule has 0 amide bonds. The Bertz CT molecular complexity index is 400. The van der Waals surface area contributed by atoms with Gasteiger partial charge in [0.25, 0.3) is 0 Å². The molecule has 0 aliphatic rings. The normalized spacial score (nSPS) is 16.0. The van der Waals surface area contributed by atoms with Crippen molar-refractivity contribution in [3.05, 3.63) is 48.1 Å². The van der Waals surface area contributed by atoms with E-state index >= 15 is 0 Å². The van der Waals surface area contributed by atoms with Gasteiger partial charge in [0.1, 0.15) is 0 Å². The Labute approximate surface area is 130 Å². The van der Waals surface area contributed by atoms with Crippen molar-refractivity contribution in [3.8, 4) is 0 Å². The van der Waals surface area contributed by atoms with Crippen LogP contribution in [0.2, 0.25) is 0 Å². The monoisotopic (exact) mass is 290 g/mol. The minimum absolute atomic E-state index is 0.305. The van der Waals surface area contributed by atoms with Crippen LogP contribution in [0.1, 0.15) is 47.5 Å². The second-order valence-electron chi connectivity index (χ2n) is 5.49. The van der Waals surface area contributed by atoms with Gasteiger partial charge in [0.2, 0.25) is 0 Å². The lowest BCUT2D eigenvalue weighted by atomic mass is 9.94. The second-order valence-corrected chi connectivity index (χ2v) is 5.49. The number of esters is 1. The lowest BCUT2D eigenvalue weighted by Crippen LogP contribution is -1.99. The standard InChI is InChI=1S/C19H30O2/c1-6-16(3)14-18(5)15-17(4)12-10-8-9-11-13-19(20)21-7-2/h8-13,15-16,18H,6-7,14H2,1-5H3/b9-8+,12-10+,13-11+,17-15+/t16-,18-/m1/s1. The lowest BCUT2D eigenvalue weighted by Gasteiger charge is -2.12. The van der Waals surface area contributed by atoms with Crippen LogP contribution in [0.3, 0.4) is 0 Å². The molecule has 0 saturated heterocycles. The summed E-state index contributed by atoms with van der Waals surface area (Å²) in [5.74, 6) is 1.08. The van der Waals surface area contributed by atoms with Gasteiger partial charge in [-0.25, -0.2) is 4.79 Å². The maximum absolute atomic E-state index is 11.0. The van der Waals surface area contributed by atoms with Gasteiger partial charge in [-0.05, 0) is 32.1 Å². The van der Waals surface area contributed by atoms with E-state index in [4.69, 9.17) is 4.74 Å². The summed E-state index contributed by atoms with van der Waals surface area (Å²) in [5, 5.41) is 0. The highest BCUT2D eigenvalue weighted by molar-refractivity contribution is 5.82. The number of carbonyl (C=O) groups excluding carboxylic acids is 1. The first kappa shape index (κ1) is 19.4. The van der Waals surface area contributed by atoms with Gasteiger partial charge in [-0.3, -0.25) is 0 Å². The molecular formula is C19H30O2. The third kappa shape index (κ3) is 11.9. The van der Waals surface area contributed by atoms with Crippen LogP contribution in [0, 0.1) is 11.8 Å². The van der Waals surface area contributed by atoms with E-state index in [1.807, 2.05) is 18.2 Å². The maximum Gasteiger partial charge on any atom is 0.330 e. The van der Waals surface area contributed by atoms with Crippen LogP contribution in [-0.4, -0.2) is 12.6 Å². The van der Waals surface area contributed by atoms with Crippen LogP contribution in [0.25, 0.3) is 0 Å². The third-order valence-electron chi connectivity index (χ3n) is 3.23. The van der Waals surface area contributed by atoms with Crippen molar-refractivity contribution in [2.45, 2.75) is 47.5 Å². The van der Waals surface area contributed by atoms with Crippen LogP contribution < -0.4 is 0 Å². The molecule has 0 spiro atoms. The summed E-state index contributed by atoms with van der Waals surface area (Å²) < 4.78 is 4.78. The fraction of sp³-hybridized carbons (Fsp3) is 0.526. The Kier molecular flexibility index (Phi) is 11.3. The van der Waals surface area contributed by atoms with Crippen molar-refractivity contribution >= 4 is 5.97 Å². The van der Waals surface area contributed by atoms with E-state index in [1.54, 1.807) is 13.0 Å². The number of rotatable bonds is 9. The van der Waals surface area contributed by atoms with Gasteiger partial charge in [-0.15, -0.1) is 0 Å². The molecule has 0 radical (unpaired) electrons. The Morgan fingerprint density at radius 2 is 1.67 bits per heavy atom. The van der Waals surface area contributed by atoms with Gasteiger partial charge < -0.3 is 4.74 Å². The van der Waals surface area contributed by atoms with Crippen LogP contribution in [0.4, 0.5) is 0 Å². The molecule has 0 unspecified atom stereocenters. The number of carbonyl (C=O) groups is 1. The zero-order valence-corrected chi connectivity index (χ0v) is 14.1. The molecule has 0 N–H and O–H groups in total. The number of hydrogen-bond acceptors (Lipinski definition) is 2. The number of ether oxygens (including phenoxy) is 1. The highest BCUT2D eigenvalue weighted by atomic mass is 16.5. The molecule has 0 bridgehead atoms. The molecule has 0 aliphatic heterocycles. The van der Waals surface area contributed by atoms with Crippen LogP contribution in [0.15, 0.2) is 48.1 Å². The lowest BCUT2D eigenvalue weighted by molar-refractivity contribution is -0.137. The van der Waals surface area contributed by atoms with E-state index in [9.17, 15) is 4.79 Å². The average Bonchev–Trinajstić information content (AvgIpc) is 2.42. The minimum Gasteiger partial charge on any atom is -0.463 e. The van der Waals surface area contributed by atoms with Gasteiger partial charge in [0.05, 0.1) is 6.61 Å². The summed E-state index contributed by atoms with van der Waals surface area (Å²) in [5.41, 5.74) is 1.27. The summed E-state index contributed by atoms with van der Waals surface area (Å²) in [6, 6.07) is 0. The maximum atomic E-state index is 11.0. The Morgan fingerprint density at radius 1 is 1.05 bits per heavy atom. The predicted octanol–water partition coefficient (Wildman–Crippen LogP) is 5.24. The summed E-state index contributed by atoms with van der Waals surface area (Å²) in [4.78, 5) is 11.0. The molecule has 2 heteroatoms. The van der Waals surface area contributed by atoms with Crippen molar-refractivity contribution in [3.63, 3.8) is 0 Å². The van der Waals surface area contributed by atoms with Gasteiger partial charge in [-0.1, -0.05) is 69.2 Å². The number of hydrogen-bond donors (Lipinski definition) is 0. The van der Waals surface area contributed by atoms with Crippen LogP contribution >= 0.6 is 0 Å². The topological polar surface area (TPSA) is 26.3 Å². The zero-order valence-electron chi connectivity index (χ0n) is 14.1. The van der Waals surface area contributed by atoms with Crippen molar-refractivity contribution in [2.75, 3.05) is 6.61 Å². The van der Waals surface area contributed by atoms with E-state index < -0.39 is 0 Å². The molecule has 118 valence electrons. The molecule has 0 aromatic carbocycles. The molecule has 0 aliphatic carbocycles. The summed E-state index contributed by atoms with van der Waals surface area (Å²) >= 11 is 0. The molecule has 2 atom stereocenters. The van der Waals surface area contributed by atoms with E-state index in [1.165, 1.54) is 24.5 Å². The van der Waals surface area contributed by atoms with E-state index in [2.05, 4.69) is 39.8 Å². The van der Waals surface area contributed by atoms with Crippen molar-refractivity contribution < 1.29 is 9.53 Å². The number of allylic oxidation sites excluding steroid dienone is 7. The molecule has 0 aromatic heterocycles. The fourth-order valence-electron chi connectivity index (χ4n) is 2.03.